The fourth-order valence-corrected chi connectivity index (χ4v) is 3.28. The quantitative estimate of drug-likeness (QED) is 0.414. The Morgan fingerprint density at radius 1 is 1.05 bits per heavy atom. The average Bonchev–Trinajstić information content (AvgIpc) is 2.90. The highest BCUT2D eigenvalue weighted by atomic mass is 32.2. The monoisotopic (exact) mass is 332 g/mol. The van der Waals surface area contributed by atoms with E-state index in [9.17, 15) is 8.42 Å². The third-order valence-electron chi connectivity index (χ3n) is 4.15. The van der Waals surface area contributed by atoms with Gasteiger partial charge in [-0.15, -0.1) is 0 Å². The van der Waals surface area contributed by atoms with Gasteiger partial charge in [-0.25, -0.2) is 0 Å². The van der Waals surface area contributed by atoms with Gasteiger partial charge >= 0.3 is 0 Å². The normalized spacial score (nSPS) is 15.4. The molecule has 0 bridgehead atoms. The first-order chi connectivity index (χ1) is 10.5. The number of hydrogen-bond acceptors (Lipinski definition) is 4. The lowest BCUT2D eigenvalue weighted by Crippen LogP contribution is -2.32. The van der Waals surface area contributed by atoms with Crippen LogP contribution < -0.4 is 0 Å². The number of aliphatic imine (C=N–C) groups is 1. The van der Waals surface area contributed by atoms with Crippen molar-refractivity contribution >= 4 is 16.0 Å². The summed E-state index contributed by atoms with van der Waals surface area (Å²) in [5.41, 5.74) is 0. The highest BCUT2D eigenvalue weighted by Gasteiger charge is 2.18. The first-order valence-corrected chi connectivity index (χ1v) is 10.4. The maximum atomic E-state index is 10.8. The zero-order valence-corrected chi connectivity index (χ0v) is 14.8. The average molecular weight is 333 g/mol. The van der Waals surface area contributed by atoms with Crippen LogP contribution >= 0.6 is 0 Å². The summed E-state index contributed by atoms with van der Waals surface area (Å²) >= 11 is 0. The molecule has 5 nitrogen and oxygen atoms in total. The Morgan fingerprint density at radius 2 is 1.64 bits per heavy atom. The number of hydrogen-bond donors (Lipinski definition) is 1. The van der Waals surface area contributed by atoms with Gasteiger partial charge in [-0.3, -0.25) is 9.55 Å². The third kappa shape index (κ3) is 9.41. The topological polar surface area (TPSA) is 70.0 Å². The lowest BCUT2D eigenvalue weighted by Gasteiger charge is -2.19. The molecule has 1 rings (SSSR count). The molecule has 1 aliphatic rings. The number of unbranched alkanes of at least 4 members (excludes halogenated alkanes) is 8. The van der Waals surface area contributed by atoms with E-state index in [2.05, 4.69) is 11.9 Å². The summed E-state index contributed by atoms with van der Waals surface area (Å²) in [4.78, 5) is 6.45. The van der Waals surface area contributed by atoms with Crippen molar-refractivity contribution in [3.8, 4) is 0 Å². The standard InChI is InChI=1S/C16H32N2O3S/c1-2-3-4-5-6-7-8-9-10-11-16-17-12-13-18(16)14-15-22(19,20)21/h2-15H2,1H3,(H,19,20,21). The summed E-state index contributed by atoms with van der Waals surface area (Å²) in [6.07, 6.45) is 12.6. The van der Waals surface area contributed by atoms with Crippen molar-refractivity contribution in [2.24, 2.45) is 4.99 Å². The summed E-state index contributed by atoms with van der Waals surface area (Å²) < 4.78 is 30.4. The van der Waals surface area contributed by atoms with E-state index >= 15 is 0 Å². The maximum absolute atomic E-state index is 10.8. The van der Waals surface area contributed by atoms with E-state index in [1.807, 2.05) is 4.90 Å². The second-order valence-electron chi connectivity index (χ2n) is 6.15. The Hall–Kier alpha value is -0.620. The lowest BCUT2D eigenvalue weighted by molar-refractivity contribution is 0.443. The van der Waals surface area contributed by atoms with Crippen molar-refractivity contribution in [3.63, 3.8) is 0 Å². The molecule has 0 radical (unpaired) electrons. The van der Waals surface area contributed by atoms with Crippen LogP contribution in [0.15, 0.2) is 4.99 Å². The molecule has 22 heavy (non-hydrogen) atoms. The van der Waals surface area contributed by atoms with Gasteiger partial charge in [0.25, 0.3) is 10.1 Å². The molecule has 1 aliphatic heterocycles. The number of amidine groups is 1. The minimum Gasteiger partial charge on any atom is -0.357 e. The summed E-state index contributed by atoms with van der Waals surface area (Å²) in [5, 5.41) is 0. The summed E-state index contributed by atoms with van der Waals surface area (Å²) in [6, 6.07) is 0. The van der Waals surface area contributed by atoms with E-state index in [0.717, 1.165) is 31.8 Å². The Morgan fingerprint density at radius 3 is 2.23 bits per heavy atom. The van der Waals surface area contributed by atoms with Gasteiger partial charge in [0.05, 0.1) is 18.1 Å². The zero-order valence-electron chi connectivity index (χ0n) is 14.0. The SMILES string of the molecule is CCCCCCCCCCCC1=NCCN1CCS(=O)(=O)O. The molecule has 0 aromatic heterocycles. The van der Waals surface area contributed by atoms with Crippen LogP contribution in [-0.2, 0) is 10.1 Å². The fraction of sp³-hybridized carbons (Fsp3) is 0.938. The van der Waals surface area contributed by atoms with Crippen LogP contribution in [0.3, 0.4) is 0 Å². The van der Waals surface area contributed by atoms with Crippen molar-refractivity contribution < 1.29 is 13.0 Å². The predicted molar refractivity (Wildman–Crippen MR) is 92.1 cm³/mol. The molecule has 130 valence electrons. The van der Waals surface area contributed by atoms with Crippen LogP contribution in [0.1, 0.15) is 71.1 Å². The van der Waals surface area contributed by atoms with Crippen LogP contribution in [0, 0.1) is 0 Å². The minimum absolute atomic E-state index is 0.205. The van der Waals surface area contributed by atoms with Gasteiger partial charge in [0, 0.05) is 19.5 Å². The van der Waals surface area contributed by atoms with Crippen molar-refractivity contribution in [2.75, 3.05) is 25.4 Å². The van der Waals surface area contributed by atoms with E-state index in [1.54, 1.807) is 0 Å². The second-order valence-corrected chi connectivity index (χ2v) is 7.72. The Labute approximate surface area is 135 Å². The van der Waals surface area contributed by atoms with Gasteiger partial charge in [0.1, 0.15) is 0 Å². The molecular formula is C16H32N2O3S. The third-order valence-corrected chi connectivity index (χ3v) is 4.85. The Kier molecular flexibility index (Phi) is 9.71. The van der Waals surface area contributed by atoms with Gasteiger partial charge in [0.15, 0.2) is 0 Å². The van der Waals surface area contributed by atoms with Gasteiger partial charge < -0.3 is 4.90 Å². The minimum atomic E-state index is -3.87. The summed E-state index contributed by atoms with van der Waals surface area (Å²) in [5.74, 6) is 0.815. The van der Waals surface area contributed by atoms with E-state index in [0.29, 0.717) is 6.54 Å². The van der Waals surface area contributed by atoms with Crippen LogP contribution in [0.4, 0.5) is 0 Å². The van der Waals surface area contributed by atoms with Crippen LogP contribution in [-0.4, -0.2) is 49.1 Å². The number of nitrogens with zero attached hydrogens (tertiary/aromatic N) is 2. The first-order valence-electron chi connectivity index (χ1n) is 8.76. The van der Waals surface area contributed by atoms with Crippen LogP contribution in [0.25, 0.3) is 0 Å². The zero-order chi connectivity index (χ0) is 16.3. The largest absolute Gasteiger partial charge is 0.357 e. The Bertz CT molecular complexity index is 421. The van der Waals surface area contributed by atoms with Gasteiger partial charge in [-0.2, -0.15) is 8.42 Å². The summed E-state index contributed by atoms with van der Waals surface area (Å²) in [7, 11) is -3.87. The molecule has 0 aliphatic carbocycles. The summed E-state index contributed by atoms with van der Waals surface area (Å²) in [6.45, 7) is 4.13. The van der Waals surface area contributed by atoms with Crippen molar-refractivity contribution in [3.05, 3.63) is 0 Å². The van der Waals surface area contributed by atoms with E-state index in [4.69, 9.17) is 4.55 Å². The molecule has 0 aromatic carbocycles. The van der Waals surface area contributed by atoms with Crippen molar-refractivity contribution in [1.82, 2.24) is 4.90 Å². The van der Waals surface area contributed by atoms with Crippen molar-refractivity contribution in [1.29, 1.82) is 0 Å². The van der Waals surface area contributed by atoms with E-state index in [1.165, 1.54) is 51.4 Å². The molecular weight excluding hydrogens is 300 g/mol. The molecule has 0 saturated carbocycles. The van der Waals surface area contributed by atoms with E-state index in [-0.39, 0.29) is 5.75 Å². The molecule has 1 heterocycles. The molecule has 0 saturated heterocycles. The molecule has 0 aromatic rings. The molecule has 0 spiro atoms. The molecule has 0 fully saturated rings. The highest BCUT2D eigenvalue weighted by Crippen LogP contribution is 2.13. The Balaban J connectivity index is 2.04. The molecule has 0 amide bonds. The lowest BCUT2D eigenvalue weighted by atomic mass is 10.1. The number of rotatable bonds is 13. The molecule has 0 atom stereocenters. The first kappa shape index (κ1) is 19.4. The smallest absolute Gasteiger partial charge is 0.266 e. The molecule has 6 heteroatoms. The predicted octanol–water partition coefficient (Wildman–Crippen LogP) is 3.51. The molecule has 1 N–H and O–H groups in total. The fourth-order valence-electron chi connectivity index (χ4n) is 2.83. The maximum Gasteiger partial charge on any atom is 0.266 e. The van der Waals surface area contributed by atoms with Gasteiger partial charge in [-0.1, -0.05) is 58.3 Å². The van der Waals surface area contributed by atoms with Crippen LogP contribution in [0.5, 0.6) is 0 Å². The highest BCUT2D eigenvalue weighted by molar-refractivity contribution is 7.85. The van der Waals surface area contributed by atoms with Gasteiger partial charge in [0.2, 0.25) is 0 Å². The van der Waals surface area contributed by atoms with E-state index < -0.39 is 10.1 Å². The van der Waals surface area contributed by atoms with Crippen LogP contribution in [0.2, 0.25) is 0 Å². The second kappa shape index (κ2) is 11.0. The van der Waals surface area contributed by atoms with Gasteiger partial charge in [-0.05, 0) is 6.42 Å². The molecule has 0 unspecified atom stereocenters. The van der Waals surface area contributed by atoms with Crippen molar-refractivity contribution in [2.45, 2.75) is 71.1 Å².